The zero-order chi connectivity index (χ0) is 16.5. The van der Waals surface area contributed by atoms with Crippen LogP contribution in [0.5, 0.6) is 11.5 Å². The zero-order valence-corrected chi connectivity index (χ0v) is 12.1. The molecule has 0 fully saturated rings. The molecule has 6 heteroatoms. The van der Waals surface area contributed by atoms with Crippen molar-refractivity contribution >= 4 is 33.0 Å². The molecule has 6 nitrogen and oxygen atoms in total. The quantitative estimate of drug-likeness (QED) is 0.309. The first-order chi connectivity index (χ1) is 10.9. The van der Waals surface area contributed by atoms with Gasteiger partial charge in [-0.2, -0.15) is 0 Å². The maximum atomic E-state index is 12.3. The zero-order valence-electron chi connectivity index (χ0n) is 12.1. The van der Waals surface area contributed by atoms with E-state index in [0.717, 1.165) is 5.56 Å². The maximum absolute atomic E-state index is 12.3. The summed E-state index contributed by atoms with van der Waals surface area (Å²) in [6.07, 6.45) is 0.287. The molecule has 2 aromatic carbocycles. The molecule has 1 aromatic heterocycles. The van der Waals surface area contributed by atoms with Crippen LogP contribution in [0.25, 0.3) is 27.3 Å². The van der Waals surface area contributed by atoms with Crippen LogP contribution in [0.3, 0.4) is 0 Å². The largest absolute Gasteiger partial charge is 0.504 e. The highest BCUT2D eigenvalue weighted by molar-refractivity contribution is 6.17. The van der Waals surface area contributed by atoms with E-state index in [2.05, 4.69) is 11.8 Å². The van der Waals surface area contributed by atoms with Gasteiger partial charge in [0.15, 0.2) is 22.8 Å². The molecule has 0 amide bonds. The summed E-state index contributed by atoms with van der Waals surface area (Å²) in [5.74, 6) is -0.686. The van der Waals surface area contributed by atoms with Gasteiger partial charge in [-0.1, -0.05) is 6.58 Å². The van der Waals surface area contributed by atoms with E-state index < -0.39 is 11.4 Å². The number of hydrogen-bond acceptors (Lipinski definition) is 6. The van der Waals surface area contributed by atoms with Crippen molar-refractivity contribution in [2.75, 3.05) is 0 Å². The first-order valence-electron chi connectivity index (χ1n) is 6.93. The summed E-state index contributed by atoms with van der Waals surface area (Å²) >= 11 is 0. The molecular formula is C17H11NO5. The van der Waals surface area contributed by atoms with Crippen LogP contribution in [0.1, 0.15) is 16.7 Å². The molecule has 0 atom stereocenters. The summed E-state index contributed by atoms with van der Waals surface area (Å²) in [5, 5.41) is 24.1. The number of rotatable bonds is 1. The Morgan fingerprint density at radius 2 is 2.00 bits per heavy atom. The Labute approximate surface area is 129 Å². The van der Waals surface area contributed by atoms with E-state index in [4.69, 9.17) is 4.42 Å². The second-order valence-corrected chi connectivity index (χ2v) is 5.70. The number of aryl methyl sites for hydroxylation is 1. The van der Waals surface area contributed by atoms with Crippen molar-refractivity contribution in [1.29, 1.82) is 0 Å². The molecule has 3 aromatic rings. The van der Waals surface area contributed by atoms with Crippen LogP contribution in [-0.4, -0.2) is 10.2 Å². The Morgan fingerprint density at radius 1 is 1.26 bits per heavy atom. The average molecular weight is 309 g/mol. The molecule has 0 saturated carbocycles. The van der Waals surface area contributed by atoms with Gasteiger partial charge in [0, 0.05) is 22.8 Å². The van der Waals surface area contributed by atoms with Crippen molar-refractivity contribution < 1.29 is 14.6 Å². The maximum Gasteiger partial charge on any atom is 0.344 e. The summed E-state index contributed by atoms with van der Waals surface area (Å²) in [5.41, 5.74) is 1.86. The van der Waals surface area contributed by atoms with E-state index in [-0.39, 0.29) is 28.8 Å². The number of nitroso groups, excluding NO2 is 1. The summed E-state index contributed by atoms with van der Waals surface area (Å²) in [7, 11) is 0. The molecule has 23 heavy (non-hydrogen) atoms. The van der Waals surface area contributed by atoms with Gasteiger partial charge in [0.2, 0.25) is 0 Å². The molecule has 1 aliphatic carbocycles. The molecule has 0 aliphatic heterocycles. The second-order valence-electron chi connectivity index (χ2n) is 5.70. The molecule has 2 N–H and O–H groups in total. The van der Waals surface area contributed by atoms with Crippen molar-refractivity contribution in [3.63, 3.8) is 0 Å². The molecule has 1 aliphatic rings. The minimum Gasteiger partial charge on any atom is -0.504 e. The first kappa shape index (κ1) is 13.5. The lowest BCUT2D eigenvalue weighted by atomic mass is 9.84. The standard InChI is InChI=1S/C17H11NO5/c1-6-3-9-12-10(5-11(19)15(9)20)17(21)23-16-13(12)8(6)4-7(2)14(16)18-22/h4-5,19-20H,1,3H2,2H3. The van der Waals surface area contributed by atoms with Crippen molar-refractivity contribution in [2.24, 2.45) is 5.18 Å². The van der Waals surface area contributed by atoms with E-state index in [9.17, 15) is 19.9 Å². The molecule has 0 saturated heterocycles. The molecule has 4 rings (SSSR count). The predicted octanol–water partition coefficient (Wildman–Crippen LogP) is 3.63. The smallest absolute Gasteiger partial charge is 0.344 e. The van der Waals surface area contributed by atoms with Crippen LogP contribution in [0.2, 0.25) is 0 Å². The fraction of sp³-hybridized carbons (Fsp3) is 0.118. The predicted molar refractivity (Wildman–Crippen MR) is 86.2 cm³/mol. The molecule has 114 valence electrons. The third kappa shape index (κ3) is 1.55. The van der Waals surface area contributed by atoms with Gasteiger partial charge >= 0.3 is 5.63 Å². The Bertz CT molecular complexity index is 1120. The Balaban J connectivity index is 2.45. The molecule has 0 radical (unpaired) electrons. The highest BCUT2D eigenvalue weighted by atomic mass is 16.4. The number of benzene rings is 2. The Kier molecular flexibility index (Phi) is 2.46. The van der Waals surface area contributed by atoms with Crippen molar-refractivity contribution in [3.05, 3.63) is 50.7 Å². The molecular weight excluding hydrogens is 298 g/mol. The third-order valence-corrected chi connectivity index (χ3v) is 4.35. The summed E-state index contributed by atoms with van der Waals surface area (Å²) in [6.45, 7) is 5.70. The number of aromatic hydroxyl groups is 2. The number of phenols is 2. The van der Waals surface area contributed by atoms with Crippen molar-refractivity contribution in [3.8, 4) is 11.5 Å². The van der Waals surface area contributed by atoms with Crippen LogP contribution in [0.15, 0.2) is 33.1 Å². The van der Waals surface area contributed by atoms with Crippen LogP contribution in [0, 0.1) is 11.8 Å². The highest BCUT2D eigenvalue weighted by Crippen LogP contribution is 2.47. The monoisotopic (exact) mass is 309 g/mol. The van der Waals surface area contributed by atoms with Crippen LogP contribution >= 0.6 is 0 Å². The molecule has 1 heterocycles. The topological polar surface area (TPSA) is 100 Å². The highest BCUT2D eigenvalue weighted by Gasteiger charge is 2.27. The van der Waals surface area contributed by atoms with Gasteiger partial charge in [0.1, 0.15) is 0 Å². The minimum absolute atomic E-state index is 0.0518. The number of allylic oxidation sites excluding steroid dienone is 1. The van der Waals surface area contributed by atoms with Crippen LogP contribution < -0.4 is 5.63 Å². The van der Waals surface area contributed by atoms with Gasteiger partial charge in [0.25, 0.3) is 0 Å². The normalized spacial score (nSPS) is 13.2. The van der Waals surface area contributed by atoms with Crippen molar-refractivity contribution in [1.82, 2.24) is 0 Å². The van der Waals surface area contributed by atoms with Gasteiger partial charge < -0.3 is 14.6 Å². The summed E-state index contributed by atoms with van der Waals surface area (Å²) < 4.78 is 5.31. The first-order valence-corrected chi connectivity index (χ1v) is 6.93. The lowest BCUT2D eigenvalue weighted by molar-refractivity contribution is 0.401. The van der Waals surface area contributed by atoms with Gasteiger partial charge in [0.05, 0.1) is 5.39 Å². The van der Waals surface area contributed by atoms with E-state index in [0.29, 0.717) is 27.5 Å². The molecule has 0 spiro atoms. The number of nitrogens with zero attached hydrogens (tertiary/aromatic N) is 1. The van der Waals surface area contributed by atoms with E-state index >= 15 is 0 Å². The summed E-state index contributed by atoms with van der Waals surface area (Å²) in [4.78, 5) is 23.5. The third-order valence-electron chi connectivity index (χ3n) is 4.35. The Morgan fingerprint density at radius 3 is 2.70 bits per heavy atom. The Hall–Kier alpha value is -3.15. The molecule has 0 unspecified atom stereocenters. The van der Waals surface area contributed by atoms with E-state index in [1.165, 1.54) is 6.07 Å². The fourth-order valence-electron chi connectivity index (χ4n) is 3.30. The summed E-state index contributed by atoms with van der Waals surface area (Å²) in [6, 6.07) is 2.94. The lowest BCUT2D eigenvalue weighted by Gasteiger charge is -2.21. The van der Waals surface area contributed by atoms with Crippen LogP contribution in [-0.2, 0) is 6.42 Å². The fourth-order valence-corrected chi connectivity index (χ4v) is 3.30. The van der Waals surface area contributed by atoms with Gasteiger partial charge in [-0.05, 0) is 40.9 Å². The van der Waals surface area contributed by atoms with Crippen LogP contribution in [0.4, 0.5) is 5.69 Å². The van der Waals surface area contributed by atoms with Gasteiger partial charge in [-0.15, -0.1) is 4.91 Å². The average Bonchev–Trinajstić information content (AvgIpc) is 2.51. The number of hydrogen-bond donors (Lipinski definition) is 2. The lowest BCUT2D eigenvalue weighted by Crippen LogP contribution is -2.08. The number of phenolic OH excluding ortho intramolecular Hbond substituents is 2. The van der Waals surface area contributed by atoms with Crippen molar-refractivity contribution in [2.45, 2.75) is 13.3 Å². The van der Waals surface area contributed by atoms with E-state index in [1.54, 1.807) is 13.0 Å². The molecule has 0 bridgehead atoms. The van der Waals surface area contributed by atoms with Gasteiger partial charge in [-0.25, -0.2) is 4.79 Å². The van der Waals surface area contributed by atoms with Gasteiger partial charge in [-0.3, -0.25) is 0 Å². The second kappa shape index (κ2) is 4.19. The minimum atomic E-state index is -0.696. The SMILES string of the molecule is C=C1Cc2c(O)c(O)cc3c(=O)oc4c(N=O)c(C)cc1c4c23. The van der Waals surface area contributed by atoms with E-state index in [1.807, 2.05) is 0 Å².